The Kier molecular flexibility index (Phi) is 6.16. The number of carbonyl (C=O) groups excluding carboxylic acids is 1. The number of benzene rings is 2. The van der Waals surface area contributed by atoms with Crippen LogP contribution in [-0.4, -0.2) is 30.8 Å². The lowest BCUT2D eigenvalue weighted by molar-refractivity contribution is -0.116. The predicted octanol–water partition coefficient (Wildman–Crippen LogP) is 4.74. The van der Waals surface area contributed by atoms with Crippen LogP contribution >= 0.6 is 0 Å². The first-order chi connectivity index (χ1) is 16.6. The van der Waals surface area contributed by atoms with Crippen LogP contribution in [0, 0.1) is 12.7 Å². The molecule has 0 spiro atoms. The highest BCUT2D eigenvalue weighted by Gasteiger charge is 2.17. The number of rotatable bonds is 6. The Morgan fingerprint density at radius 1 is 1.12 bits per heavy atom. The Bertz CT molecular complexity index is 1330. The molecule has 0 saturated carbocycles. The Balaban J connectivity index is 1.22. The minimum atomic E-state index is -0.326. The number of aryl methyl sites for hydroxylation is 3. The van der Waals surface area contributed by atoms with Gasteiger partial charge in [-0.15, -0.1) is 10.2 Å². The molecule has 34 heavy (non-hydrogen) atoms. The summed E-state index contributed by atoms with van der Waals surface area (Å²) in [6.45, 7) is 2.60. The van der Waals surface area contributed by atoms with Crippen molar-refractivity contribution in [3.05, 3.63) is 65.6 Å². The summed E-state index contributed by atoms with van der Waals surface area (Å²) in [5, 5.41) is 15.6. The van der Waals surface area contributed by atoms with Gasteiger partial charge in [0, 0.05) is 42.6 Å². The first kappa shape index (κ1) is 21.9. The molecule has 0 atom stereocenters. The average Bonchev–Trinajstić information content (AvgIpc) is 3.41. The van der Waals surface area contributed by atoms with E-state index in [9.17, 15) is 9.18 Å². The lowest BCUT2D eigenvalue weighted by Gasteiger charge is -2.09. The second-order valence-corrected chi connectivity index (χ2v) is 8.51. The first-order valence-electron chi connectivity index (χ1n) is 11.5. The van der Waals surface area contributed by atoms with E-state index >= 15 is 0 Å². The molecule has 1 aliphatic heterocycles. The molecular formula is C25H25FN6O2. The molecular weight excluding hydrogens is 435 g/mol. The monoisotopic (exact) mass is 460 g/mol. The Morgan fingerprint density at radius 2 is 2.03 bits per heavy atom. The van der Waals surface area contributed by atoms with Gasteiger partial charge in [0.15, 0.2) is 5.82 Å². The highest BCUT2D eigenvalue weighted by Crippen LogP contribution is 2.25. The lowest BCUT2D eigenvalue weighted by Crippen LogP contribution is -2.12. The first-order valence-corrected chi connectivity index (χ1v) is 11.5. The summed E-state index contributed by atoms with van der Waals surface area (Å²) in [5.74, 6) is 1.99. The van der Waals surface area contributed by atoms with Crippen molar-refractivity contribution < 1.29 is 13.7 Å². The minimum absolute atomic E-state index is 0.168. The van der Waals surface area contributed by atoms with E-state index in [0.717, 1.165) is 43.0 Å². The molecule has 5 rings (SSSR count). The van der Waals surface area contributed by atoms with E-state index in [2.05, 4.69) is 30.2 Å². The molecule has 0 unspecified atom stereocenters. The van der Waals surface area contributed by atoms with Crippen LogP contribution in [0.2, 0.25) is 0 Å². The largest absolute Gasteiger partial charge is 0.339 e. The molecule has 8 nitrogen and oxygen atoms in total. The summed E-state index contributed by atoms with van der Waals surface area (Å²) < 4.78 is 21.2. The summed E-state index contributed by atoms with van der Waals surface area (Å²) in [6, 6.07) is 12.4. The number of amides is 1. The number of fused-ring (bicyclic) bond motifs is 1. The molecule has 174 valence electrons. The molecule has 2 aromatic carbocycles. The van der Waals surface area contributed by atoms with E-state index < -0.39 is 0 Å². The Labute approximate surface area is 196 Å². The van der Waals surface area contributed by atoms with Gasteiger partial charge in [-0.25, -0.2) is 4.39 Å². The quantitative estimate of drug-likeness (QED) is 0.446. The topological polar surface area (TPSA) is 98.7 Å². The van der Waals surface area contributed by atoms with Gasteiger partial charge in [-0.05, 0) is 43.5 Å². The van der Waals surface area contributed by atoms with Gasteiger partial charge in [-0.2, -0.15) is 4.98 Å². The summed E-state index contributed by atoms with van der Waals surface area (Å²) in [7, 11) is 0. The molecule has 0 fully saturated rings. The average molecular weight is 461 g/mol. The van der Waals surface area contributed by atoms with Crippen molar-refractivity contribution in [3.8, 4) is 22.8 Å². The molecule has 0 radical (unpaired) electrons. The Hall–Kier alpha value is -3.88. The van der Waals surface area contributed by atoms with Gasteiger partial charge in [0.2, 0.25) is 17.6 Å². The molecule has 2 aromatic heterocycles. The van der Waals surface area contributed by atoms with Crippen LogP contribution in [0.3, 0.4) is 0 Å². The van der Waals surface area contributed by atoms with Crippen LogP contribution in [-0.2, 0) is 24.2 Å². The minimum Gasteiger partial charge on any atom is -0.339 e. The number of carbonyl (C=O) groups is 1. The molecule has 1 aliphatic rings. The molecule has 0 aliphatic carbocycles. The van der Waals surface area contributed by atoms with Gasteiger partial charge < -0.3 is 14.4 Å². The van der Waals surface area contributed by atoms with Crippen molar-refractivity contribution in [1.29, 1.82) is 0 Å². The summed E-state index contributed by atoms with van der Waals surface area (Å²) in [4.78, 5) is 16.8. The van der Waals surface area contributed by atoms with Crippen LogP contribution in [0.15, 0.2) is 47.0 Å². The predicted molar refractivity (Wildman–Crippen MR) is 124 cm³/mol. The van der Waals surface area contributed by atoms with E-state index in [4.69, 9.17) is 4.52 Å². The maximum atomic E-state index is 13.8. The highest BCUT2D eigenvalue weighted by molar-refractivity contribution is 5.91. The van der Waals surface area contributed by atoms with Gasteiger partial charge >= 0.3 is 0 Å². The summed E-state index contributed by atoms with van der Waals surface area (Å²) >= 11 is 0. The molecule has 0 bridgehead atoms. The van der Waals surface area contributed by atoms with Crippen LogP contribution in [0.4, 0.5) is 10.1 Å². The van der Waals surface area contributed by atoms with Crippen LogP contribution in [0.5, 0.6) is 0 Å². The number of aromatic nitrogens is 5. The van der Waals surface area contributed by atoms with Crippen molar-refractivity contribution in [2.75, 3.05) is 5.32 Å². The van der Waals surface area contributed by atoms with E-state index in [0.29, 0.717) is 28.5 Å². The third-order valence-corrected chi connectivity index (χ3v) is 5.98. The number of hydrogen-bond donors (Lipinski definition) is 1. The second-order valence-electron chi connectivity index (χ2n) is 8.51. The van der Waals surface area contributed by atoms with Gasteiger partial charge in [0.1, 0.15) is 11.6 Å². The number of anilines is 1. The smallest absolute Gasteiger partial charge is 0.227 e. The molecule has 0 saturated heterocycles. The zero-order chi connectivity index (χ0) is 23.5. The van der Waals surface area contributed by atoms with Gasteiger partial charge in [-0.1, -0.05) is 35.8 Å². The van der Waals surface area contributed by atoms with Crippen LogP contribution in [0.25, 0.3) is 22.8 Å². The van der Waals surface area contributed by atoms with Crippen molar-refractivity contribution in [2.24, 2.45) is 0 Å². The van der Waals surface area contributed by atoms with Crippen molar-refractivity contribution in [2.45, 2.75) is 52.0 Å². The fraction of sp³-hybridized carbons (Fsp3) is 0.320. The standard InChI is InChI=1S/C25H25FN6O2/c1-16-9-10-17(15-20(16)26)24-28-23(34-31-24)12-11-22(33)27-19-7-5-6-18(14-19)25-30-29-21-8-3-2-4-13-32(21)25/h5-7,9-10,14-15H,2-4,8,11-13H2,1H3,(H,27,33). The fourth-order valence-corrected chi connectivity index (χ4v) is 4.08. The third kappa shape index (κ3) is 4.73. The maximum absolute atomic E-state index is 13.8. The second kappa shape index (κ2) is 9.54. The third-order valence-electron chi connectivity index (χ3n) is 5.98. The van der Waals surface area contributed by atoms with E-state index in [1.54, 1.807) is 19.1 Å². The van der Waals surface area contributed by atoms with Gasteiger partial charge in [0.05, 0.1) is 0 Å². The molecule has 4 aromatic rings. The van der Waals surface area contributed by atoms with Crippen molar-refractivity contribution >= 4 is 11.6 Å². The zero-order valence-electron chi connectivity index (χ0n) is 18.9. The SMILES string of the molecule is Cc1ccc(-c2noc(CCC(=O)Nc3cccc(-c4nnc5n4CCCCC5)c3)n2)cc1F. The molecule has 1 amide bonds. The van der Waals surface area contributed by atoms with Crippen LogP contribution < -0.4 is 5.32 Å². The van der Waals surface area contributed by atoms with Crippen LogP contribution in [0.1, 0.15) is 43.0 Å². The Morgan fingerprint density at radius 3 is 2.91 bits per heavy atom. The summed E-state index contributed by atoms with van der Waals surface area (Å²) in [6.07, 6.45) is 4.85. The normalized spacial score (nSPS) is 13.4. The van der Waals surface area contributed by atoms with E-state index in [1.807, 2.05) is 24.3 Å². The van der Waals surface area contributed by atoms with Crippen molar-refractivity contribution in [1.82, 2.24) is 24.9 Å². The van der Waals surface area contributed by atoms with Gasteiger partial charge in [0.25, 0.3) is 0 Å². The number of halogens is 1. The lowest BCUT2D eigenvalue weighted by atomic mass is 10.1. The number of nitrogens with zero attached hydrogens (tertiary/aromatic N) is 5. The van der Waals surface area contributed by atoms with Gasteiger partial charge in [-0.3, -0.25) is 4.79 Å². The van der Waals surface area contributed by atoms with E-state index in [-0.39, 0.29) is 24.6 Å². The summed E-state index contributed by atoms with van der Waals surface area (Å²) in [5.41, 5.74) is 2.69. The maximum Gasteiger partial charge on any atom is 0.227 e. The number of nitrogens with one attached hydrogen (secondary N) is 1. The molecule has 9 heteroatoms. The van der Waals surface area contributed by atoms with E-state index in [1.165, 1.54) is 12.5 Å². The van der Waals surface area contributed by atoms with Crippen molar-refractivity contribution in [3.63, 3.8) is 0 Å². The highest BCUT2D eigenvalue weighted by atomic mass is 19.1. The fourth-order valence-electron chi connectivity index (χ4n) is 4.08. The zero-order valence-corrected chi connectivity index (χ0v) is 18.9. The number of hydrogen-bond acceptors (Lipinski definition) is 6. The molecule has 3 heterocycles. The molecule has 1 N–H and O–H groups in total.